The molecule has 1 aliphatic carbocycles. The van der Waals surface area contributed by atoms with Crippen LogP contribution in [-0.2, 0) is 16.4 Å². The first-order valence-corrected chi connectivity index (χ1v) is 12.0. The maximum Gasteiger partial charge on any atom is 0.414 e. The molecule has 1 heterocycles. The van der Waals surface area contributed by atoms with Gasteiger partial charge in [-0.25, -0.2) is 17.6 Å². The predicted octanol–water partition coefficient (Wildman–Crippen LogP) is 3.52. The van der Waals surface area contributed by atoms with Crippen LogP contribution in [0.15, 0.2) is 42.0 Å². The highest BCUT2D eigenvalue weighted by atomic mass is 32.2. The number of rotatable bonds is 6. The van der Waals surface area contributed by atoms with Crippen LogP contribution in [0, 0.1) is 5.82 Å². The van der Waals surface area contributed by atoms with Gasteiger partial charge in [-0.2, -0.15) is 0 Å². The first-order chi connectivity index (χ1) is 15.6. The van der Waals surface area contributed by atoms with Crippen LogP contribution < -0.4 is 14.2 Å². The molecular weight excluding hydrogens is 451 g/mol. The summed E-state index contributed by atoms with van der Waals surface area (Å²) in [4.78, 5) is 13.1. The van der Waals surface area contributed by atoms with Gasteiger partial charge in [0, 0.05) is 37.7 Å². The van der Waals surface area contributed by atoms with E-state index in [0.717, 1.165) is 0 Å². The fraction of sp³-hybridized carbons (Fsp3) is 0.348. The Labute approximate surface area is 191 Å². The molecule has 0 spiro atoms. The molecule has 2 aromatic carbocycles. The Kier molecular flexibility index (Phi) is 6.06. The van der Waals surface area contributed by atoms with Gasteiger partial charge in [0.15, 0.2) is 5.82 Å². The van der Waals surface area contributed by atoms with E-state index in [9.17, 15) is 18.3 Å². The summed E-state index contributed by atoms with van der Waals surface area (Å²) in [6.07, 6.45) is -0.728. The molecule has 10 heteroatoms. The number of amides is 1. The number of sulfonamides is 1. The molecule has 1 atom stereocenters. The number of hydrogen-bond donors (Lipinski definition) is 2. The number of aliphatic hydroxyl groups is 1. The number of hydrogen-bond acceptors (Lipinski definition) is 6. The predicted molar refractivity (Wildman–Crippen MR) is 121 cm³/mol. The molecule has 2 aliphatic rings. The monoisotopic (exact) mass is 476 g/mol. The quantitative estimate of drug-likeness (QED) is 0.661. The van der Waals surface area contributed by atoms with Crippen molar-refractivity contribution in [2.45, 2.75) is 37.7 Å². The van der Waals surface area contributed by atoms with E-state index in [1.54, 1.807) is 39.2 Å². The third-order valence-electron chi connectivity index (χ3n) is 5.62. The number of anilines is 1. The van der Waals surface area contributed by atoms with E-state index in [1.165, 1.54) is 23.1 Å². The van der Waals surface area contributed by atoms with Crippen molar-refractivity contribution in [3.05, 3.63) is 58.9 Å². The Balaban J connectivity index is 1.60. The zero-order valence-electron chi connectivity index (χ0n) is 18.5. The summed E-state index contributed by atoms with van der Waals surface area (Å²) in [5, 5.41) is 10.1. The standard InChI is InChI=1S/C23H25FN2O6S/c1-13-17-10-7-15(31-23(28)26(2)3)12-20(17)32-22(27)18(13)11-14-5-4-6-19(21(14)24)25-33(29,30)16-8-9-16/h4-7,10,12,16,22,25,27H,8-9,11H2,1-3H3. The third-order valence-corrected chi connectivity index (χ3v) is 7.47. The van der Waals surface area contributed by atoms with Gasteiger partial charge >= 0.3 is 6.09 Å². The molecule has 0 bridgehead atoms. The van der Waals surface area contributed by atoms with Crippen molar-refractivity contribution in [3.8, 4) is 11.5 Å². The largest absolute Gasteiger partial charge is 0.460 e. The van der Waals surface area contributed by atoms with Crippen molar-refractivity contribution in [2.75, 3.05) is 18.8 Å². The molecular formula is C23H25FN2O6S. The Hall–Kier alpha value is -3.11. The van der Waals surface area contributed by atoms with Gasteiger partial charge in [0.2, 0.25) is 16.3 Å². The van der Waals surface area contributed by atoms with Crippen molar-refractivity contribution in [1.29, 1.82) is 0 Å². The van der Waals surface area contributed by atoms with Crippen LogP contribution in [0.1, 0.15) is 30.9 Å². The Bertz CT molecular complexity index is 1240. The minimum atomic E-state index is -3.61. The lowest BCUT2D eigenvalue weighted by molar-refractivity contribution is 0.0103. The number of ether oxygens (including phenoxy) is 2. The van der Waals surface area contributed by atoms with Gasteiger partial charge in [-0.05, 0) is 49.1 Å². The minimum Gasteiger partial charge on any atom is -0.460 e. The maximum atomic E-state index is 15.1. The lowest BCUT2D eigenvalue weighted by Gasteiger charge is -2.27. The van der Waals surface area contributed by atoms with E-state index in [1.807, 2.05) is 0 Å². The summed E-state index contributed by atoms with van der Waals surface area (Å²) in [6, 6.07) is 9.29. The Morgan fingerprint density at radius 1 is 1.27 bits per heavy atom. The van der Waals surface area contributed by atoms with Crippen molar-refractivity contribution >= 4 is 27.4 Å². The van der Waals surface area contributed by atoms with E-state index in [4.69, 9.17) is 9.47 Å². The van der Waals surface area contributed by atoms with Crippen LogP contribution in [0.25, 0.3) is 5.57 Å². The van der Waals surface area contributed by atoms with Crippen molar-refractivity contribution in [3.63, 3.8) is 0 Å². The van der Waals surface area contributed by atoms with Crippen molar-refractivity contribution < 1.29 is 32.2 Å². The van der Waals surface area contributed by atoms with Crippen molar-refractivity contribution in [2.24, 2.45) is 0 Å². The molecule has 1 aliphatic heterocycles. The molecule has 33 heavy (non-hydrogen) atoms. The van der Waals surface area contributed by atoms with Gasteiger partial charge in [-0.1, -0.05) is 12.1 Å². The molecule has 1 unspecified atom stereocenters. The highest BCUT2D eigenvalue weighted by Crippen LogP contribution is 2.39. The summed E-state index contributed by atoms with van der Waals surface area (Å²) < 4.78 is 52.7. The molecule has 176 valence electrons. The zero-order chi connectivity index (χ0) is 23.9. The van der Waals surface area contributed by atoms with Crippen LogP contribution >= 0.6 is 0 Å². The summed E-state index contributed by atoms with van der Waals surface area (Å²) in [6.45, 7) is 1.78. The number of benzene rings is 2. The highest BCUT2D eigenvalue weighted by Gasteiger charge is 2.36. The van der Waals surface area contributed by atoms with E-state index in [2.05, 4.69) is 4.72 Å². The second kappa shape index (κ2) is 8.68. The third kappa shape index (κ3) is 4.81. The molecule has 2 N–H and O–H groups in total. The lowest BCUT2D eigenvalue weighted by Crippen LogP contribution is -2.26. The molecule has 0 saturated heterocycles. The summed E-state index contributed by atoms with van der Waals surface area (Å²) >= 11 is 0. The van der Waals surface area contributed by atoms with E-state index in [-0.39, 0.29) is 23.4 Å². The fourth-order valence-corrected chi connectivity index (χ4v) is 4.94. The van der Waals surface area contributed by atoms with Crippen LogP contribution in [0.2, 0.25) is 0 Å². The van der Waals surface area contributed by atoms with Crippen LogP contribution in [0.5, 0.6) is 11.5 Å². The molecule has 1 amide bonds. The SMILES string of the molecule is CC1=C(Cc2cccc(NS(=O)(=O)C3CC3)c2F)C(O)Oc2cc(OC(=O)N(C)C)ccc21. The smallest absolute Gasteiger partial charge is 0.414 e. The van der Waals surface area contributed by atoms with Gasteiger partial charge in [0.05, 0.1) is 10.9 Å². The van der Waals surface area contributed by atoms with E-state index >= 15 is 4.39 Å². The fourth-order valence-electron chi connectivity index (χ4n) is 3.55. The molecule has 2 aromatic rings. The lowest BCUT2D eigenvalue weighted by atomic mass is 9.92. The second-order valence-electron chi connectivity index (χ2n) is 8.34. The van der Waals surface area contributed by atoms with Gasteiger partial charge in [-0.3, -0.25) is 4.72 Å². The molecule has 1 saturated carbocycles. The van der Waals surface area contributed by atoms with Crippen LogP contribution in [0.3, 0.4) is 0 Å². The number of carbonyl (C=O) groups is 1. The minimum absolute atomic E-state index is 0.0225. The Morgan fingerprint density at radius 2 is 2.00 bits per heavy atom. The van der Waals surface area contributed by atoms with Crippen molar-refractivity contribution in [1.82, 2.24) is 4.90 Å². The summed E-state index contributed by atoms with van der Waals surface area (Å²) in [5.41, 5.74) is 1.92. The number of carbonyl (C=O) groups excluding carboxylic acids is 1. The van der Waals surface area contributed by atoms with Gasteiger partial charge in [0.1, 0.15) is 11.5 Å². The number of aliphatic hydroxyl groups excluding tert-OH is 1. The number of halogens is 1. The first-order valence-electron chi connectivity index (χ1n) is 10.4. The van der Waals surface area contributed by atoms with Crippen LogP contribution in [-0.4, -0.2) is 50.2 Å². The first kappa shape index (κ1) is 23.1. The maximum absolute atomic E-state index is 15.1. The van der Waals surface area contributed by atoms with Crippen LogP contribution in [0.4, 0.5) is 14.9 Å². The van der Waals surface area contributed by atoms with Gasteiger partial charge < -0.3 is 19.5 Å². The second-order valence-corrected chi connectivity index (χ2v) is 10.3. The zero-order valence-corrected chi connectivity index (χ0v) is 19.3. The number of allylic oxidation sites excluding steroid dienone is 1. The highest BCUT2D eigenvalue weighted by molar-refractivity contribution is 7.93. The molecule has 0 aromatic heterocycles. The average molecular weight is 477 g/mol. The van der Waals surface area contributed by atoms with E-state index < -0.39 is 33.5 Å². The number of nitrogens with zero attached hydrogens (tertiary/aromatic N) is 1. The Morgan fingerprint density at radius 3 is 2.67 bits per heavy atom. The summed E-state index contributed by atoms with van der Waals surface area (Å²) in [5.74, 6) is -0.0946. The van der Waals surface area contributed by atoms with Gasteiger partial charge in [-0.15, -0.1) is 0 Å². The van der Waals surface area contributed by atoms with Gasteiger partial charge in [0.25, 0.3) is 0 Å². The average Bonchev–Trinajstić information content (AvgIpc) is 3.59. The normalized spacial score (nSPS) is 17.8. The molecule has 4 rings (SSSR count). The molecule has 1 fully saturated rings. The number of nitrogens with one attached hydrogen (secondary N) is 1. The summed E-state index contributed by atoms with van der Waals surface area (Å²) in [7, 11) is -0.486. The topological polar surface area (TPSA) is 105 Å². The molecule has 0 radical (unpaired) electrons. The number of fused-ring (bicyclic) bond motifs is 1. The molecule has 8 nitrogen and oxygen atoms in total. The van der Waals surface area contributed by atoms with E-state index in [0.29, 0.717) is 35.3 Å².